The van der Waals surface area contributed by atoms with E-state index in [1.165, 1.54) is 20.3 Å². The van der Waals surface area contributed by atoms with Gasteiger partial charge in [-0.05, 0) is 44.6 Å². The number of anilines is 2. The Kier molecular flexibility index (Phi) is 11.4. The number of aromatic hydroxyl groups is 2. The van der Waals surface area contributed by atoms with Gasteiger partial charge < -0.3 is 45.5 Å². The molecule has 42 heavy (non-hydrogen) atoms. The molecule has 2 aliphatic heterocycles. The number of phenols is 2. The van der Waals surface area contributed by atoms with Gasteiger partial charge in [-0.25, -0.2) is 4.79 Å². The maximum atomic E-state index is 13.1. The minimum absolute atomic E-state index is 0.0292. The van der Waals surface area contributed by atoms with Gasteiger partial charge in [0.2, 0.25) is 0 Å². The van der Waals surface area contributed by atoms with Crippen molar-refractivity contribution in [1.82, 2.24) is 0 Å². The lowest BCUT2D eigenvalue weighted by Crippen LogP contribution is -2.38. The molecule has 1 saturated heterocycles. The van der Waals surface area contributed by atoms with E-state index in [-0.39, 0.29) is 23.1 Å². The smallest absolute Gasteiger partial charge is 0.405 e. The van der Waals surface area contributed by atoms with E-state index in [4.69, 9.17) is 19.9 Å². The van der Waals surface area contributed by atoms with E-state index in [9.17, 15) is 24.9 Å². The molecule has 2 aliphatic rings. The van der Waals surface area contributed by atoms with E-state index in [0.29, 0.717) is 35.2 Å². The summed E-state index contributed by atoms with van der Waals surface area (Å²) in [6.45, 7) is 8.68. The lowest BCUT2D eigenvalue weighted by molar-refractivity contribution is -0.112. The van der Waals surface area contributed by atoms with E-state index in [0.717, 1.165) is 19.5 Å². The van der Waals surface area contributed by atoms with E-state index in [1.807, 2.05) is 18.7 Å². The Balaban J connectivity index is 2.10. The number of rotatable bonds is 4. The molecule has 11 nitrogen and oxygen atoms in total. The van der Waals surface area contributed by atoms with Gasteiger partial charge in [0.05, 0.1) is 23.6 Å². The van der Waals surface area contributed by atoms with Crippen LogP contribution in [0.15, 0.2) is 41.5 Å². The number of amides is 2. The Hall–Kier alpha value is -3.54. The maximum absolute atomic E-state index is 13.1. The lowest BCUT2D eigenvalue weighted by atomic mass is 9.87. The number of fused-ring (bicyclic) bond motifs is 2. The largest absolute Gasteiger partial charge is 0.506 e. The molecule has 2 heterocycles. The number of nitrogens with two attached hydrogens (primary N) is 1. The highest BCUT2D eigenvalue weighted by molar-refractivity contribution is 6.05. The number of nitrogens with zero attached hydrogens (tertiary/aromatic N) is 1. The highest BCUT2D eigenvalue weighted by atomic mass is 16.6. The van der Waals surface area contributed by atoms with Gasteiger partial charge >= 0.3 is 6.09 Å². The fourth-order valence-electron chi connectivity index (χ4n) is 5.49. The third kappa shape index (κ3) is 7.84. The molecule has 232 valence electrons. The zero-order chi connectivity index (χ0) is 31.1. The Labute approximate surface area is 247 Å². The number of allylic oxidation sites excluding steroid dienone is 2. The summed E-state index contributed by atoms with van der Waals surface area (Å²) in [7, 11) is 2.99. The number of aliphatic hydroxyl groups excluding tert-OH is 1. The van der Waals surface area contributed by atoms with Crippen molar-refractivity contribution in [3.05, 3.63) is 47.1 Å². The van der Waals surface area contributed by atoms with Crippen LogP contribution in [0.3, 0.4) is 0 Å². The first-order valence-electron chi connectivity index (χ1n) is 14.2. The average molecular weight is 588 g/mol. The minimum Gasteiger partial charge on any atom is -0.506 e. The number of carbonyl (C=O) groups is 2. The second-order valence-corrected chi connectivity index (χ2v) is 11.3. The van der Waals surface area contributed by atoms with Gasteiger partial charge in [-0.3, -0.25) is 4.79 Å². The monoisotopic (exact) mass is 587 g/mol. The molecule has 6 atom stereocenters. The van der Waals surface area contributed by atoms with Crippen LogP contribution in [-0.2, 0) is 25.4 Å². The van der Waals surface area contributed by atoms with Gasteiger partial charge in [-0.15, -0.1) is 0 Å². The first-order chi connectivity index (χ1) is 19.9. The molecule has 0 spiro atoms. The van der Waals surface area contributed by atoms with Crippen LogP contribution in [-0.4, -0.2) is 79.0 Å². The lowest BCUT2D eigenvalue weighted by Gasteiger charge is -2.36. The highest BCUT2D eigenvalue weighted by Crippen LogP contribution is 2.45. The van der Waals surface area contributed by atoms with Crippen molar-refractivity contribution in [2.75, 3.05) is 37.5 Å². The first kappa shape index (κ1) is 33.0. The summed E-state index contributed by atoms with van der Waals surface area (Å²) in [4.78, 5) is 26.8. The van der Waals surface area contributed by atoms with E-state index < -0.39 is 42.3 Å². The molecule has 1 aromatic carbocycles. The molecule has 11 heteroatoms. The van der Waals surface area contributed by atoms with E-state index in [1.54, 1.807) is 38.2 Å². The molecule has 0 aliphatic carbocycles. The number of aliphatic hydroxyl groups is 1. The third-order valence-corrected chi connectivity index (χ3v) is 7.97. The number of primary amides is 1. The SMILES string of the molecule is CO[C@H]1/C=C\C=C(/C)C(=O)Nc2cc(O)c(N3CCC3)c(c2O)C[C@@H](C)C[C@H](OC)[C@H](O)[C@@H](C)/C=C(\C)[C@@H]1OC(N)=O. The van der Waals surface area contributed by atoms with Crippen molar-refractivity contribution < 1.29 is 39.1 Å². The summed E-state index contributed by atoms with van der Waals surface area (Å²) >= 11 is 0. The van der Waals surface area contributed by atoms with Crippen molar-refractivity contribution in [2.45, 2.75) is 71.4 Å². The van der Waals surface area contributed by atoms with Crippen LogP contribution in [0.1, 0.15) is 46.1 Å². The molecule has 1 aromatic rings. The third-order valence-electron chi connectivity index (χ3n) is 7.97. The standard InChI is InChI=1S/C31H45N3O8/c1-17-13-21-26(34-11-8-12-34)23(35)16-22(28(21)37)33-30(38)18(2)9-7-10-24(40-5)29(42-31(32)39)20(4)15-19(3)27(36)25(14-17)41-6/h7,9-10,15-17,19,24-25,27,29,35-37H,8,11-14H2,1-6H3,(H2,32,39)(H,33,38)/b10-7-,18-9+,20-15+/t17-,19+,24+,25+,27-,29+/m1/s1. The number of methoxy groups -OCH3 is 2. The van der Waals surface area contributed by atoms with Gasteiger partial charge in [0.25, 0.3) is 5.91 Å². The minimum atomic E-state index is -0.980. The van der Waals surface area contributed by atoms with Crippen LogP contribution in [0.4, 0.5) is 16.2 Å². The summed E-state index contributed by atoms with van der Waals surface area (Å²) in [5, 5.41) is 36.3. The molecule has 0 saturated carbocycles. The Morgan fingerprint density at radius 2 is 1.83 bits per heavy atom. The van der Waals surface area contributed by atoms with Gasteiger partial charge in [-0.1, -0.05) is 38.2 Å². The summed E-state index contributed by atoms with van der Waals surface area (Å²) < 4.78 is 16.7. The van der Waals surface area contributed by atoms with Gasteiger partial charge in [-0.2, -0.15) is 0 Å². The fraction of sp³-hybridized carbons (Fsp3) is 0.548. The van der Waals surface area contributed by atoms with Crippen LogP contribution < -0.4 is 16.0 Å². The normalized spacial score (nSPS) is 31.1. The predicted octanol–water partition coefficient (Wildman–Crippen LogP) is 3.77. The molecule has 0 radical (unpaired) electrons. The number of benzene rings is 1. The summed E-state index contributed by atoms with van der Waals surface area (Å²) in [5.41, 5.74) is 7.47. The van der Waals surface area contributed by atoms with Crippen molar-refractivity contribution in [3.63, 3.8) is 0 Å². The summed E-state index contributed by atoms with van der Waals surface area (Å²) in [5.74, 6) is -1.10. The molecule has 0 unspecified atom stereocenters. The number of hydrogen-bond donors (Lipinski definition) is 5. The van der Waals surface area contributed by atoms with Gasteiger partial charge in [0.15, 0.2) is 6.10 Å². The van der Waals surface area contributed by atoms with Crippen molar-refractivity contribution >= 4 is 23.4 Å². The Bertz CT molecular complexity index is 1220. The van der Waals surface area contributed by atoms with Crippen molar-refractivity contribution in [3.8, 4) is 11.5 Å². The predicted molar refractivity (Wildman–Crippen MR) is 161 cm³/mol. The van der Waals surface area contributed by atoms with Crippen molar-refractivity contribution in [2.24, 2.45) is 17.6 Å². The van der Waals surface area contributed by atoms with Crippen molar-refractivity contribution in [1.29, 1.82) is 0 Å². The quantitative estimate of drug-likeness (QED) is 0.200. The maximum Gasteiger partial charge on any atom is 0.405 e. The number of phenolic OH excluding ortho intramolecular Hbond substituents is 2. The Morgan fingerprint density at radius 3 is 2.40 bits per heavy atom. The second kappa shape index (κ2) is 14.6. The zero-order valence-corrected chi connectivity index (χ0v) is 25.3. The van der Waals surface area contributed by atoms with Gasteiger partial charge in [0, 0.05) is 50.4 Å². The van der Waals surface area contributed by atoms with Crippen LogP contribution in [0, 0.1) is 11.8 Å². The second-order valence-electron chi connectivity index (χ2n) is 11.3. The number of ether oxygens (including phenoxy) is 3. The zero-order valence-electron chi connectivity index (χ0n) is 25.3. The fourth-order valence-corrected chi connectivity index (χ4v) is 5.49. The Morgan fingerprint density at radius 1 is 1.14 bits per heavy atom. The molecule has 6 N–H and O–H groups in total. The molecular formula is C31H45N3O8. The van der Waals surface area contributed by atoms with Gasteiger partial charge in [0.1, 0.15) is 17.6 Å². The van der Waals surface area contributed by atoms with E-state index >= 15 is 0 Å². The molecular weight excluding hydrogens is 542 g/mol. The molecule has 2 bridgehead atoms. The molecule has 0 aromatic heterocycles. The summed E-state index contributed by atoms with van der Waals surface area (Å²) in [6.07, 6.45) is 4.28. The van der Waals surface area contributed by atoms with Crippen LogP contribution in [0.25, 0.3) is 0 Å². The average Bonchev–Trinajstić information content (AvgIpc) is 2.90. The summed E-state index contributed by atoms with van der Waals surface area (Å²) in [6, 6.07) is 1.37. The number of carbonyl (C=O) groups excluding carboxylic acids is 2. The highest BCUT2D eigenvalue weighted by Gasteiger charge is 2.31. The molecule has 2 amide bonds. The first-order valence-corrected chi connectivity index (χ1v) is 14.2. The topological polar surface area (TPSA) is 164 Å². The van der Waals surface area contributed by atoms with Crippen LogP contribution in [0.2, 0.25) is 0 Å². The van der Waals surface area contributed by atoms with Crippen LogP contribution >= 0.6 is 0 Å². The molecule has 3 rings (SSSR count). The van der Waals surface area contributed by atoms with Crippen LogP contribution in [0.5, 0.6) is 11.5 Å². The number of nitrogens with one attached hydrogen (secondary N) is 1. The van der Waals surface area contributed by atoms with E-state index in [2.05, 4.69) is 5.32 Å². The molecule has 1 fully saturated rings. The number of hydrogen-bond acceptors (Lipinski definition) is 9.